The molecule has 0 atom stereocenters. The van der Waals surface area contributed by atoms with E-state index in [9.17, 15) is 0 Å². The van der Waals surface area contributed by atoms with Crippen LogP contribution in [0.5, 0.6) is 0 Å². The Morgan fingerprint density at radius 2 is 2.00 bits per heavy atom. The van der Waals surface area contributed by atoms with Gasteiger partial charge in [-0.3, -0.25) is 15.9 Å². The summed E-state index contributed by atoms with van der Waals surface area (Å²) in [7, 11) is 0. The quantitative estimate of drug-likeness (QED) is 0.331. The number of rotatable bonds is 5. The number of nitrogens with two attached hydrogens (primary N) is 1. The number of nitrogens with zero attached hydrogens (tertiary/aromatic N) is 3. The highest BCUT2D eigenvalue weighted by atomic mass is 15.2. The molecule has 0 aliphatic carbocycles. The highest BCUT2D eigenvalue weighted by Crippen LogP contribution is 2.24. The van der Waals surface area contributed by atoms with Gasteiger partial charge in [0.15, 0.2) is 5.82 Å². The van der Waals surface area contributed by atoms with Crippen LogP contribution in [0.25, 0.3) is 22.3 Å². The second-order valence-corrected chi connectivity index (χ2v) is 5.59. The molecule has 0 fully saturated rings. The highest BCUT2D eigenvalue weighted by molar-refractivity contribution is 5.79. The molecule has 3 heterocycles. The van der Waals surface area contributed by atoms with Crippen molar-refractivity contribution in [3.8, 4) is 11.4 Å². The van der Waals surface area contributed by atoms with Crippen LogP contribution in [0.1, 0.15) is 5.56 Å². The third kappa shape index (κ3) is 3.13. The maximum absolute atomic E-state index is 5.60. The average molecular weight is 331 g/mol. The van der Waals surface area contributed by atoms with Crippen LogP contribution in [0.15, 0.2) is 60.9 Å². The second kappa shape index (κ2) is 6.58. The minimum Gasteiger partial charge on any atom is -0.364 e. The number of fused-ring (bicyclic) bond motifs is 1. The summed E-state index contributed by atoms with van der Waals surface area (Å²) in [6.07, 6.45) is 3.49. The smallest absolute Gasteiger partial charge is 0.151 e. The fourth-order valence-electron chi connectivity index (χ4n) is 2.68. The molecule has 7 heteroatoms. The summed E-state index contributed by atoms with van der Waals surface area (Å²) in [6.45, 7) is 0.624. The van der Waals surface area contributed by atoms with Gasteiger partial charge in [-0.05, 0) is 42.0 Å². The van der Waals surface area contributed by atoms with Crippen LogP contribution < -0.4 is 16.6 Å². The molecular formula is C18H17N7. The molecule has 124 valence electrons. The van der Waals surface area contributed by atoms with E-state index in [1.165, 1.54) is 0 Å². The van der Waals surface area contributed by atoms with Crippen molar-refractivity contribution in [2.75, 3.05) is 10.7 Å². The number of H-pyrrole nitrogens is 1. The molecule has 1 aromatic carbocycles. The molecule has 0 saturated carbocycles. The first-order chi connectivity index (χ1) is 12.3. The Balaban J connectivity index is 1.59. The molecular weight excluding hydrogens is 314 g/mol. The molecule has 0 bridgehead atoms. The molecule has 5 N–H and O–H groups in total. The van der Waals surface area contributed by atoms with E-state index in [-0.39, 0.29) is 0 Å². The molecule has 4 aromatic rings. The van der Waals surface area contributed by atoms with E-state index in [2.05, 4.69) is 49.1 Å². The number of nitrogen functional groups attached to an aromatic ring is 1. The predicted molar refractivity (Wildman–Crippen MR) is 98.7 cm³/mol. The maximum atomic E-state index is 5.60. The van der Waals surface area contributed by atoms with Crippen molar-refractivity contribution in [3.63, 3.8) is 0 Å². The summed E-state index contributed by atoms with van der Waals surface area (Å²) in [5.41, 5.74) is 7.16. The first-order valence-electron chi connectivity index (χ1n) is 7.88. The SMILES string of the molecule is NNc1ccc(-c2ccn[nH]2)nc1NCc1ccc2ncccc2c1. The maximum Gasteiger partial charge on any atom is 0.151 e. The first-order valence-corrected chi connectivity index (χ1v) is 7.88. The lowest BCUT2D eigenvalue weighted by Crippen LogP contribution is -2.12. The van der Waals surface area contributed by atoms with Gasteiger partial charge in [0.25, 0.3) is 0 Å². The summed E-state index contributed by atoms with van der Waals surface area (Å²) in [5.74, 6) is 6.29. The van der Waals surface area contributed by atoms with Gasteiger partial charge in [0.05, 0.1) is 22.6 Å². The van der Waals surface area contributed by atoms with Gasteiger partial charge in [-0.1, -0.05) is 12.1 Å². The van der Waals surface area contributed by atoms with Crippen LogP contribution in [-0.4, -0.2) is 20.2 Å². The van der Waals surface area contributed by atoms with E-state index in [0.29, 0.717) is 12.4 Å². The number of benzene rings is 1. The monoisotopic (exact) mass is 331 g/mol. The van der Waals surface area contributed by atoms with Gasteiger partial charge in [-0.2, -0.15) is 5.10 Å². The topological polar surface area (TPSA) is 105 Å². The van der Waals surface area contributed by atoms with Crippen molar-refractivity contribution in [2.24, 2.45) is 5.84 Å². The van der Waals surface area contributed by atoms with Crippen molar-refractivity contribution in [2.45, 2.75) is 6.54 Å². The molecule has 0 radical (unpaired) electrons. The minimum atomic E-state index is 0.624. The second-order valence-electron chi connectivity index (χ2n) is 5.59. The van der Waals surface area contributed by atoms with Crippen LogP contribution in [0.4, 0.5) is 11.5 Å². The van der Waals surface area contributed by atoms with Crippen molar-refractivity contribution in [1.29, 1.82) is 0 Å². The molecule has 0 aliphatic rings. The Morgan fingerprint density at radius 3 is 2.84 bits per heavy atom. The standard InChI is InChI=1S/C18H17N7/c19-24-17-6-5-15(16-7-9-22-25-16)23-18(17)21-11-12-3-4-14-13(10-12)2-1-8-20-14/h1-10,24H,11,19H2,(H,21,23)(H,22,25). The number of hydrogen-bond acceptors (Lipinski definition) is 6. The molecule has 3 aromatic heterocycles. The molecule has 25 heavy (non-hydrogen) atoms. The average Bonchev–Trinajstić information content (AvgIpc) is 3.21. The Kier molecular flexibility index (Phi) is 3.97. The van der Waals surface area contributed by atoms with E-state index in [4.69, 9.17) is 5.84 Å². The van der Waals surface area contributed by atoms with E-state index >= 15 is 0 Å². The molecule has 0 saturated heterocycles. The number of pyridine rings is 2. The summed E-state index contributed by atoms with van der Waals surface area (Å²) in [6, 6.07) is 15.8. The number of anilines is 2. The molecule has 0 unspecified atom stereocenters. The van der Waals surface area contributed by atoms with Crippen LogP contribution in [-0.2, 0) is 6.54 Å². The number of nitrogens with one attached hydrogen (secondary N) is 3. The van der Waals surface area contributed by atoms with E-state index in [1.807, 2.05) is 30.3 Å². The number of aromatic nitrogens is 4. The van der Waals surface area contributed by atoms with E-state index in [1.54, 1.807) is 12.4 Å². The van der Waals surface area contributed by atoms with Gasteiger partial charge in [0.2, 0.25) is 0 Å². The zero-order chi connectivity index (χ0) is 17.1. The largest absolute Gasteiger partial charge is 0.364 e. The third-order valence-electron chi connectivity index (χ3n) is 3.95. The molecule has 0 aliphatic heterocycles. The lowest BCUT2D eigenvalue weighted by Gasteiger charge is -2.12. The van der Waals surface area contributed by atoms with Crippen LogP contribution in [0, 0.1) is 0 Å². The Labute approximate surface area is 144 Å². The highest BCUT2D eigenvalue weighted by Gasteiger charge is 2.08. The zero-order valence-electron chi connectivity index (χ0n) is 13.4. The van der Waals surface area contributed by atoms with Gasteiger partial charge in [0, 0.05) is 24.3 Å². The van der Waals surface area contributed by atoms with Crippen LogP contribution in [0.2, 0.25) is 0 Å². The Hall–Kier alpha value is -3.45. The van der Waals surface area contributed by atoms with Crippen LogP contribution >= 0.6 is 0 Å². The van der Waals surface area contributed by atoms with Gasteiger partial charge < -0.3 is 10.7 Å². The van der Waals surface area contributed by atoms with E-state index in [0.717, 1.165) is 33.5 Å². The lowest BCUT2D eigenvalue weighted by atomic mass is 10.1. The number of hydrogen-bond donors (Lipinski definition) is 4. The summed E-state index contributed by atoms with van der Waals surface area (Å²) in [4.78, 5) is 8.97. The molecule has 0 amide bonds. The third-order valence-corrected chi connectivity index (χ3v) is 3.95. The summed E-state index contributed by atoms with van der Waals surface area (Å²) in [5, 5.41) is 11.3. The molecule has 4 rings (SSSR count). The van der Waals surface area contributed by atoms with Gasteiger partial charge >= 0.3 is 0 Å². The van der Waals surface area contributed by atoms with Gasteiger partial charge in [-0.15, -0.1) is 0 Å². The van der Waals surface area contributed by atoms with Gasteiger partial charge in [-0.25, -0.2) is 4.98 Å². The van der Waals surface area contributed by atoms with Crippen molar-refractivity contribution < 1.29 is 0 Å². The van der Waals surface area contributed by atoms with Gasteiger partial charge in [0.1, 0.15) is 0 Å². The van der Waals surface area contributed by atoms with Crippen molar-refractivity contribution >= 4 is 22.4 Å². The predicted octanol–water partition coefficient (Wildman–Crippen LogP) is 2.92. The first kappa shape index (κ1) is 15.1. The fraction of sp³-hybridized carbons (Fsp3) is 0.0556. The van der Waals surface area contributed by atoms with E-state index < -0.39 is 0 Å². The number of hydrazine groups is 1. The lowest BCUT2D eigenvalue weighted by molar-refractivity contribution is 1.08. The zero-order valence-corrected chi connectivity index (χ0v) is 13.4. The van der Waals surface area contributed by atoms with Crippen molar-refractivity contribution in [3.05, 3.63) is 66.5 Å². The normalized spacial score (nSPS) is 10.8. The summed E-state index contributed by atoms with van der Waals surface area (Å²) < 4.78 is 0. The summed E-state index contributed by atoms with van der Waals surface area (Å²) >= 11 is 0. The molecule has 7 nitrogen and oxygen atoms in total. The minimum absolute atomic E-state index is 0.624. The van der Waals surface area contributed by atoms with Crippen LogP contribution in [0.3, 0.4) is 0 Å². The number of aromatic amines is 1. The van der Waals surface area contributed by atoms with Crippen molar-refractivity contribution in [1.82, 2.24) is 20.2 Å². The Bertz CT molecular complexity index is 995. The Morgan fingerprint density at radius 1 is 1.04 bits per heavy atom. The molecule has 0 spiro atoms. The fourth-order valence-corrected chi connectivity index (χ4v) is 2.68.